The van der Waals surface area contributed by atoms with Gasteiger partial charge in [-0.15, -0.1) is 0 Å². The van der Waals surface area contributed by atoms with Crippen LogP contribution in [-0.2, 0) is 6.54 Å². The number of ether oxygens (including phenoxy) is 1. The van der Waals surface area contributed by atoms with Crippen LogP contribution in [0.1, 0.15) is 16.7 Å². The minimum Gasteiger partial charge on any atom is -0.432 e. The van der Waals surface area contributed by atoms with Crippen LogP contribution in [0.3, 0.4) is 0 Å². The molecule has 0 fully saturated rings. The molecule has 112 valence electrons. The van der Waals surface area contributed by atoms with Gasteiger partial charge in [-0.25, -0.2) is 4.39 Å². The third-order valence-corrected chi connectivity index (χ3v) is 3.35. The fourth-order valence-electron chi connectivity index (χ4n) is 2.00. The highest BCUT2D eigenvalue weighted by Crippen LogP contribution is 2.23. The van der Waals surface area contributed by atoms with Crippen LogP contribution < -0.4 is 10.1 Å². The molecule has 0 spiro atoms. The topological polar surface area (TPSA) is 21.3 Å². The van der Waals surface area contributed by atoms with Crippen LogP contribution in [0.25, 0.3) is 0 Å². The largest absolute Gasteiger partial charge is 0.432 e. The van der Waals surface area contributed by atoms with E-state index in [0.29, 0.717) is 12.2 Å². The highest BCUT2D eigenvalue weighted by molar-refractivity contribution is 5.48. The molecule has 0 atom stereocenters. The highest BCUT2D eigenvalue weighted by atomic mass is 19.3. The lowest BCUT2D eigenvalue weighted by Gasteiger charge is -2.12. The molecule has 5 heteroatoms. The van der Waals surface area contributed by atoms with Gasteiger partial charge in [0.1, 0.15) is 0 Å². The van der Waals surface area contributed by atoms with Crippen molar-refractivity contribution in [3.05, 3.63) is 58.9 Å². The summed E-state index contributed by atoms with van der Waals surface area (Å²) >= 11 is 0. The number of benzene rings is 2. The molecule has 1 N–H and O–H groups in total. The van der Waals surface area contributed by atoms with Gasteiger partial charge in [-0.05, 0) is 42.7 Å². The van der Waals surface area contributed by atoms with Gasteiger partial charge in [0.05, 0.1) is 0 Å². The zero-order valence-corrected chi connectivity index (χ0v) is 11.8. The second kappa shape index (κ2) is 6.52. The van der Waals surface area contributed by atoms with E-state index >= 15 is 0 Å². The number of aryl methyl sites for hydroxylation is 1. The molecule has 2 nitrogen and oxygen atoms in total. The van der Waals surface area contributed by atoms with Crippen molar-refractivity contribution in [3.8, 4) is 5.75 Å². The summed E-state index contributed by atoms with van der Waals surface area (Å²) < 4.78 is 41.7. The number of nitrogens with one attached hydrogen (secondary N) is 1. The minimum absolute atomic E-state index is 0.456. The summed E-state index contributed by atoms with van der Waals surface area (Å²) in [6.45, 7) is 1.54. The van der Waals surface area contributed by atoms with Gasteiger partial charge in [-0.1, -0.05) is 18.2 Å². The molecule has 0 aliphatic carbocycles. The van der Waals surface area contributed by atoms with Crippen LogP contribution in [0.15, 0.2) is 36.4 Å². The number of anilines is 1. The van der Waals surface area contributed by atoms with Gasteiger partial charge < -0.3 is 10.1 Å². The Morgan fingerprint density at radius 2 is 1.90 bits per heavy atom. The summed E-state index contributed by atoms with van der Waals surface area (Å²) in [7, 11) is 0. The highest BCUT2D eigenvalue weighted by Gasteiger charge is 2.10. The zero-order chi connectivity index (χ0) is 15.4. The first-order chi connectivity index (χ1) is 9.97. The number of rotatable bonds is 5. The maximum absolute atomic E-state index is 13.6. The van der Waals surface area contributed by atoms with Gasteiger partial charge in [0.25, 0.3) is 0 Å². The Bertz CT molecular complexity index is 629. The van der Waals surface area contributed by atoms with Crippen molar-refractivity contribution in [3.63, 3.8) is 0 Å². The van der Waals surface area contributed by atoms with Gasteiger partial charge in [0.15, 0.2) is 11.6 Å². The molecule has 2 aromatic rings. The van der Waals surface area contributed by atoms with Crippen LogP contribution >= 0.6 is 0 Å². The summed E-state index contributed by atoms with van der Waals surface area (Å²) in [5.41, 5.74) is 3.96. The first-order valence-electron chi connectivity index (χ1n) is 6.50. The fraction of sp³-hybridized carbons (Fsp3) is 0.250. The Kier molecular flexibility index (Phi) is 4.73. The molecular weight excluding hydrogens is 279 g/mol. The average molecular weight is 295 g/mol. The Hall–Kier alpha value is -2.17. The maximum atomic E-state index is 13.6. The molecule has 0 saturated carbocycles. The molecule has 2 aromatic carbocycles. The van der Waals surface area contributed by atoms with E-state index in [4.69, 9.17) is 0 Å². The zero-order valence-electron chi connectivity index (χ0n) is 11.8. The van der Waals surface area contributed by atoms with Gasteiger partial charge in [0.2, 0.25) is 0 Å². The Morgan fingerprint density at radius 3 is 2.57 bits per heavy atom. The normalized spacial score (nSPS) is 10.8. The fourth-order valence-corrected chi connectivity index (χ4v) is 2.00. The smallest absolute Gasteiger partial charge is 0.387 e. The first kappa shape index (κ1) is 15.2. The molecule has 2 rings (SSSR count). The molecule has 21 heavy (non-hydrogen) atoms. The van der Waals surface area contributed by atoms with Crippen molar-refractivity contribution in [1.29, 1.82) is 0 Å². The van der Waals surface area contributed by atoms with Crippen LogP contribution in [0.5, 0.6) is 5.75 Å². The quantitative estimate of drug-likeness (QED) is 0.866. The molecule has 0 aromatic heterocycles. The van der Waals surface area contributed by atoms with Crippen molar-refractivity contribution in [2.45, 2.75) is 27.0 Å². The lowest BCUT2D eigenvalue weighted by Crippen LogP contribution is -2.05. The Morgan fingerprint density at radius 1 is 1.14 bits per heavy atom. The molecule has 0 radical (unpaired) electrons. The third kappa shape index (κ3) is 3.90. The van der Waals surface area contributed by atoms with E-state index in [-0.39, 0.29) is 0 Å². The van der Waals surface area contributed by atoms with E-state index in [2.05, 4.69) is 10.1 Å². The van der Waals surface area contributed by atoms with Gasteiger partial charge in [-0.3, -0.25) is 0 Å². The molecule has 0 saturated heterocycles. The van der Waals surface area contributed by atoms with E-state index in [9.17, 15) is 13.2 Å². The molecule has 0 heterocycles. The summed E-state index contributed by atoms with van der Waals surface area (Å²) in [4.78, 5) is 0. The lowest BCUT2D eigenvalue weighted by molar-refractivity contribution is -0.0521. The SMILES string of the molecule is Cc1cccc(CNc2ccc(OC(F)F)c(F)c2)c1C. The Balaban J connectivity index is 2.07. The van der Waals surface area contributed by atoms with Gasteiger partial charge in [0, 0.05) is 18.3 Å². The van der Waals surface area contributed by atoms with Crippen molar-refractivity contribution in [2.24, 2.45) is 0 Å². The lowest BCUT2D eigenvalue weighted by atomic mass is 10.0. The van der Waals surface area contributed by atoms with Gasteiger partial charge >= 0.3 is 6.61 Å². The van der Waals surface area contributed by atoms with E-state index in [1.165, 1.54) is 23.3 Å². The van der Waals surface area contributed by atoms with E-state index in [1.54, 1.807) is 0 Å². The number of hydrogen-bond acceptors (Lipinski definition) is 2. The molecule has 0 aliphatic heterocycles. The van der Waals surface area contributed by atoms with Crippen LogP contribution in [-0.4, -0.2) is 6.61 Å². The predicted molar refractivity (Wildman–Crippen MR) is 76.3 cm³/mol. The second-order valence-corrected chi connectivity index (χ2v) is 4.74. The third-order valence-electron chi connectivity index (χ3n) is 3.35. The van der Waals surface area contributed by atoms with Crippen molar-refractivity contribution >= 4 is 5.69 Å². The van der Waals surface area contributed by atoms with E-state index in [0.717, 1.165) is 11.6 Å². The van der Waals surface area contributed by atoms with Crippen molar-refractivity contribution in [2.75, 3.05) is 5.32 Å². The monoisotopic (exact) mass is 295 g/mol. The second-order valence-electron chi connectivity index (χ2n) is 4.74. The average Bonchev–Trinajstić information content (AvgIpc) is 2.43. The van der Waals surface area contributed by atoms with Gasteiger partial charge in [-0.2, -0.15) is 8.78 Å². The van der Waals surface area contributed by atoms with Crippen molar-refractivity contribution in [1.82, 2.24) is 0 Å². The standard InChI is InChI=1S/C16H16F3NO/c1-10-4-3-5-12(11(10)2)9-20-13-6-7-15(14(17)8-13)21-16(18)19/h3-8,16,20H,9H2,1-2H3. The summed E-state index contributed by atoms with van der Waals surface area (Å²) in [6, 6.07) is 9.80. The molecule has 0 aliphatic rings. The molecule has 0 amide bonds. The number of alkyl halides is 2. The van der Waals surface area contributed by atoms with Crippen LogP contribution in [0.4, 0.5) is 18.9 Å². The van der Waals surface area contributed by atoms with Crippen molar-refractivity contribution < 1.29 is 17.9 Å². The summed E-state index contributed by atoms with van der Waals surface area (Å²) in [5.74, 6) is -1.27. The molecular formula is C16H16F3NO. The Labute approximate surface area is 121 Å². The minimum atomic E-state index is -3.03. The first-order valence-corrected chi connectivity index (χ1v) is 6.50. The maximum Gasteiger partial charge on any atom is 0.387 e. The number of hydrogen-bond donors (Lipinski definition) is 1. The van der Waals surface area contributed by atoms with E-state index in [1.807, 2.05) is 32.0 Å². The van der Waals surface area contributed by atoms with E-state index < -0.39 is 18.2 Å². The predicted octanol–water partition coefficient (Wildman–Crippen LogP) is 4.66. The summed E-state index contributed by atoms with van der Waals surface area (Å²) in [6.07, 6.45) is 0. The van der Waals surface area contributed by atoms with Crippen LogP contribution in [0, 0.1) is 19.7 Å². The number of halogens is 3. The molecule has 0 bridgehead atoms. The molecule has 0 unspecified atom stereocenters. The van der Waals surface area contributed by atoms with Crippen LogP contribution in [0.2, 0.25) is 0 Å². The summed E-state index contributed by atoms with van der Waals surface area (Å²) in [5, 5.41) is 3.07.